The molecule has 2 N–H and O–H groups in total. The monoisotopic (exact) mass is 278 g/mol. The predicted octanol–water partition coefficient (Wildman–Crippen LogP) is 2.26. The van der Waals surface area contributed by atoms with Crippen molar-refractivity contribution in [2.75, 3.05) is 18.8 Å². The molecule has 0 aromatic heterocycles. The van der Waals surface area contributed by atoms with Gasteiger partial charge in [0.25, 0.3) is 0 Å². The summed E-state index contributed by atoms with van der Waals surface area (Å²) in [4.78, 5) is 13.0. The molecule has 19 heavy (non-hydrogen) atoms. The van der Waals surface area contributed by atoms with Gasteiger partial charge in [-0.15, -0.1) is 11.8 Å². The number of amides is 1. The van der Waals surface area contributed by atoms with Crippen molar-refractivity contribution in [3.05, 3.63) is 29.3 Å². The van der Waals surface area contributed by atoms with Crippen LogP contribution in [-0.4, -0.2) is 30.8 Å². The molecule has 1 aliphatic heterocycles. The maximum absolute atomic E-state index is 11.8. The van der Waals surface area contributed by atoms with Crippen LogP contribution < -0.4 is 10.6 Å². The highest BCUT2D eigenvalue weighted by Crippen LogP contribution is 2.23. The lowest BCUT2D eigenvalue weighted by Gasteiger charge is -2.12. The topological polar surface area (TPSA) is 41.1 Å². The molecule has 104 valence electrons. The van der Waals surface area contributed by atoms with Crippen LogP contribution in [0.1, 0.15) is 24.0 Å². The first-order chi connectivity index (χ1) is 9.15. The van der Waals surface area contributed by atoms with E-state index in [4.69, 9.17) is 0 Å². The highest BCUT2D eigenvalue weighted by Gasteiger charge is 2.14. The van der Waals surface area contributed by atoms with Gasteiger partial charge in [0, 0.05) is 17.5 Å². The number of hydrogen-bond acceptors (Lipinski definition) is 3. The lowest BCUT2D eigenvalue weighted by molar-refractivity contribution is -0.118. The molecule has 0 bridgehead atoms. The van der Waals surface area contributed by atoms with Gasteiger partial charge in [-0.2, -0.15) is 0 Å². The van der Waals surface area contributed by atoms with Crippen molar-refractivity contribution in [3.63, 3.8) is 0 Å². The van der Waals surface area contributed by atoms with Crippen LogP contribution in [0, 0.1) is 13.8 Å². The Balaban J connectivity index is 1.74. The van der Waals surface area contributed by atoms with Crippen molar-refractivity contribution in [3.8, 4) is 0 Å². The van der Waals surface area contributed by atoms with Gasteiger partial charge in [0.2, 0.25) is 5.91 Å². The summed E-state index contributed by atoms with van der Waals surface area (Å²) in [6.45, 7) is 6.00. The normalized spacial score (nSPS) is 18.5. The van der Waals surface area contributed by atoms with Crippen molar-refractivity contribution < 1.29 is 4.79 Å². The Labute approximate surface area is 119 Å². The van der Waals surface area contributed by atoms with Crippen molar-refractivity contribution >= 4 is 17.7 Å². The third kappa shape index (κ3) is 4.55. The van der Waals surface area contributed by atoms with Crippen molar-refractivity contribution in [2.45, 2.75) is 37.6 Å². The fourth-order valence-electron chi connectivity index (χ4n) is 2.23. The first kappa shape index (κ1) is 14.4. The molecule has 1 amide bonds. The summed E-state index contributed by atoms with van der Waals surface area (Å²) >= 11 is 1.62. The SMILES string of the molecule is Cc1ccc(C)c(SCC(=O)NCC2CCCN2)c1. The van der Waals surface area contributed by atoms with Gasteiger partial charge < -0.3 is 10.6 Å². The van der Waals surface area contributed by atoms with E-state index in [0.717, 1.165) is 13.1 Å². The average molecular weight is 278 g/mol. The minimum atomic E-state index is 0.125. The van der Waals surface area contributed by atoms with Gasteiger partial charge >= 0.3 is 0 Å². The second-order valence-electron chi connectivity index (χ2n) is 5.15. The molecule has 1 fully saturated rings. The van der Waals surface area contributed by atoms with Crippen molar-refractivity contribution in [1.29, 1.82) is 0 Å². The zero-order chi connectivity index (χ0) is 13.7. The summed E-state index contributed by atoms with van der Waals surface area (Å²) in [5, 5.41) is 6.39. The highest BCUT2D eigenvalue weighted by molar-refractivity contribution is 8.00. The molecule has 0 saturated carbocycles. The lowest BCUT2D eigenvalue weighted by Crippen LogP contribution is -2.37. The number of carbonyl (C=O) groups is 1. The molecule has 4 heteroatoms. The Hall–Kier alpha value is -1.00. The summed E-state index contributed by atoms with van der Waals surface area (Å²) < 4.78 is 0. The molecule has 1 unspecified atom stereocenters. The number of aryl methyl sites for hydroxylation is 2. The highest BCUT2D eigenvalue weighted by atomic mass is 32.2. The van der Waals surface area contributed by atoms with E-state index < -0.39 is 0 Å². The Morgan fingerprint density at radius 2 is 2.32 bits per heavy atom. The smallest absolute Gasteiger partial charge is 0.230 e. The van der Waals surface area contributed by atoms with Gasteiger partial charge in [-0.1, -0.05) is 17.7 Å². The fourth-order valence-corrected chi connectivity index (χ4v) is 3.18. The number of benzene rings is 1. The Bertz CT molecular complexity index is 442. The maximum Gasteiger partial charge on any atom is 0.230 e. The van der Waals surface area contributed by atoms with E-state index in [2.05, 4.69) is 42.7 Å². The molecule has 0 radical (unpaired) electrons. The Morgan fingerprint density at radius 1 is 1.47 bits per heavy atom. The molecule has 0 aliphatic carbocycles. The molecule has 3 nitrogen and oxygen atoms in total. The molecule has 1 heterocycles. The number of nitrogens with one attached hydrogen (secondary N) is 2. The number of hydrogen-bond donors (Lipinski definition) is 2. The number of rotatable bonds is 5. The van der Waals surface area contributed by atoms with Crippen LogP contribution >= 0.6 is 11.8 Å². The summed E-state index contributed by atoms with van der Waals surface area (Å²) in [7, 11) is 0. The number of thioether (sulfide) groups is 1. The van der Waals surface area contributed by atoms with E-state index in [9.17, 15) is 4.79 Å². The second-order valence-corrected chi connectivity index (χ2v) is 6.17. The first-order valence-corrected chi connectivity index (χ1v) is 7.84. The van der Waals surface area contributed by atoms with E-state index >= 15 is 0 Å². The van der Waals surface area contributed by atoms with Crippen LogP contribution in [0.25, 0.3) is 0 Å². The van der Waals surface area contributed by atoms with Crippen LogP contribution in [0.2, 0.25) is 0 Å². The minimum absolute atomic E-state index is 0.125. The zero-order valence-electron chi connectivity index (χ0n) is 11.7. The van der Waals surface area contributed by atoms with Gasteiger partial charge in [0.15, 0.2) is 0 Å². The largest absolute Gasteiger partial charge is 0.354 e. The molecule has 1 atom stereocenters. The van der Waals surface area contributed by atoms with Crippen LogP contribution in [0.4, 0.5) is 0 Å². The molecule has 1 aromatic carbocycles. The van der Waals surface area contributed by atoms with Crippen molar-refractivity contribution in [2.24, 2.45) is 0 Å². The molecule has 1 aromatic rings. The molecule has 2 rings (SSSR count). The third-order valence-electron chi connectivity index (χ3n) is 3.41. The average Bonchev–Trinajstić information content (AvgIpc) is 2.90. The summed E-state index contributed by atoms with van der Waals surface area (Å²) in [6.07, 6.45) is 2.39. The number of carbonyl (C=O) groups excluding carboxylic acids is 1. The van der Waals surface area contributed by atoms with Gasteiger partial charge in [-0.25, -0.2) is 0 Å². The quantitative estimate of drug-likeness (QED) is 0.812. The van der Waals surface area contributed by atoms with E-state index in [-0.39, 0.29) is 5.91 Å². The van der Waals surface area contributed by atoms with Crippen LogP contribution in [0.3, 0.4) is 0 Å². The minimum Gasteiger partial charge on any atom is -0.354 e. The van der Waals surface area contributed by atoms with Gasteiger partial charge in [0.05, 0.1) is 5.75 Å². The van der Waals surface area contributed by atoms with Crippen LogP contribution in [-0.2, 0) is 4.79 Å². The van der Waals surface area contributed by atoms with Gasteiger partial charge in [-0.05, 0) is 44.9 Å². The molecule has 0 spiro atoms. The molecule has 1 saturated heterocycles. The third-order valence-corrected chi connectivity index (χ3v) is 4.57. The summed E-state index contributed by atoms with van der Waals surface area (Å²) in [5.41, 5.74) is 2.48. The first-order valence-electron chi connectivity index (χ1n) is 6.85. The van der Waals surface area contributed by atoms with E-state index in [1.165, 1.54) is 28.9 Å². The van der Waals surface area contributed by atoms with Gasteiger partial charge in [0.1, 0.15) is 0 Å². The predicted molar refractivity (Wildman–Crippen MR) is 80.7 cm³/mol. The van der Waals surface area contributed by atoms with Crippen LogP contribution in [0.15, 0.2) is 23.1 Å². The molecular weight excluding hydrogens is 256 g/mol. The fraction of sp³-hybridized carbons (Fsp3) is 0.533. The van der Waals surface area contributed by atoms with E-state index in [1.807, 2.05) is 0 Å². The standard InChI is InChI=1S/C15H22N2OS/c1-11-5-6-12(2)14(8-11)19-10-15(18)17-9-13-4-3-7-16-13/h5-6,8,13,16H,3-4,7,9-10H2,1-2H3,(H,17,18). The second kappa shape index (κ2) is 6.96. The van der Waals surface area contributed by atoms with Gasteiger partial charge in [-0.3, -0.25) is 4.79 Å². The Morgan fingerprint density at radius 3 is 3.05 bits per heavy atom. The summed E-state index contributed by atoms with van der Waals surface area (Å²) in [5.74, 6) is 0.622. The Kier molecular flexibility index (Phi) is 5.28. The lowest BCUT2D eigenvalue weighted by atomic mass is 10.2. The molecule has 1 aliphatic rings. The summed E-state index contributed by atoms with van der Waals surface area (Å²) in [6, 6.07) is 6.82. The van der Waals surface area contributed by atoms with E-state index in [1.54, 1.807) is 11.8 Å². The molecular formula is C15H22N2OS. The maximum atomic E-state index is 11.8. The van der Waals surface area contributed by atoms with E-state index in [0.29, 0.717) is 11.8 Å². The van der Waals surface area contributed by atoms with Crippen molar-refractivity contribution in [1.82, 2.24) is 10.6 Å². The zero-order valence-corrected chi connectivity index (χ0v) is 12.5. The van der Waals surface area contributed by atoms with Crippen LogP contribution in [0.5, 0.6) is 0 Å².